The van der Waals surface area contributed by atoms with Crippen molar-refractivity contribution in [2.75, 3.05) is 12.4 Å². The van der Waals surface area contributed by atoms with Crippen LogP contribution >= 0.6 is 11.6 Å². The molecule has 3 rings (SSSR count). The van der Waals surface area contributed by atoms with Gasteiger partial charge in [-0.3, -0.25) is 9.78 Å². The number of carbonyl (C=O) groups excluding carboxylic acids is 1. The zero-order valence-electron chi connectivity index (χ0n) is 15.1. The summed E-state index contributed by atoms with van der Waals surface area (Å²) in [7, 11) is 1.62. The van der Waals surface area contributed by atoms with E-state index >= 15 is 0 Å². The molecule has 0 spiro atoms. The van der Waals surface area contributed by atoms with Gasteiger partial charge in [-0.2, -0.15) is 0 Å². The van der Waals surface area contributed by atoms with Crippen molar-refractivity contribution in [1.29, 1.82) is 0 Å². The fourth-order valence-electron chi connectivity index (χ4n) is 2.55. The van der Waals surface area contributed by atoms with E-state index in [1.54, 1.807) is 25.4 Å². The van der Waals surface area contributed by atoms with Gasteiger partial charge in [0.1, 0.15) is 11.4 Å². The molecule has 0 saturated carbocycles. The lowest BCUT2D eigenvalue weighted by Gasteiger charge is -2.11. The highest BCUT2D eigenvalue weighted by molar-refractivity contribution is 6.31. The number of benzene rings is 2. The van der Waals surface area contributed by atoms with Crippen molar-refractivity contribution in [2.45, 2.75) is 13.5 Å². The Hall–Kier alpha value is -3.05. The highest BCUT2D eigenvalue weighted by atomic mass is 35.5. The lowest BCUT2D eigenvalue weighted by atomic mass is 10.2. The number of hydrogen-bond acceptors (Lipinski definition) is 4. The quantitative estimate of drug-likeness (QED) is 0.648. The third-order valence-corrected chi connectivity index (χ3v) is 4.56. The fourth-order valence-corrected chi connectivity index (χ4v) is 2.72. The molecule has 0 aliphatic heterocycles. The molecule has 0 bridgehead atoms. The third-order valence-electron chi connectivity index (χ3n) is 4.15. The van der Waals surface area contributed by atoms with Crippen LogP contribution in [0.5, 0.6) is 5.75 Å². The van der Waals surface area contributed by atoms with Crippen molar-refractivity contribution in [2.24, 2.45) is 0 Å². The number of methoxy groups -OCH3 is 1. The van der Waals surface area contributed by atoms with Gasteiger partial charge < -0.3 is 15.4 Å². The van der Waals surface area contributed by atoms with E-state index in [1.807, 2.05) is 49.4 Å². The molecule has 1 heterocycles. The Kier molecular flexibility index (Phi) is 5.94. The minimum absolute atomic E-state index is 0.239. The second-order valence-corrected chi connectivity index (χ2v) is 6.41. The van der Waals surface area contributed by atoms with Crippen LogP contribution in [0, 0.1) is 6.92 Å². The summed E-state index contributed by atoms with van der Waals surface area (Å²) in [4.78, 5) is 16.6. The van der Waals surface area contributed by atoms with Gasteiger partial charge in [-0.1, -0.05) is 29.8 Å². The molecule has 6 heteroatoms. The number of nitrogens with one attached hydrogen (secondary N) is 2. The number of hydrogen-bond donors (Lipinski definition) is 2. The zero-order valence-corrected chi connectivity index (χ0v) is 15.9. The van der Waals surface area contributed by atoms with E-state index in [9.17, 15) is 4.79 Å². The van der Waals surface area contributed by atoms with E-state index < -0.39 is 0 Å². The second kappa shape index (κ2) is 8.56. The van der Waals surface area contributed by atoms with E-state index in [2.05, 4.69) is 15.6 Å². The molecule has 2 N–H and O–H groups in total. The summed E-state index contributed by atoms with van der Waals surface area (Å²) < 4.78 is 5.13. The van der Waals surface area contributed by atoms with Crippen LogP contribution in [-0.4, -0.2) is 18.0 Å². The van der Waals surface area contributed by atoms with Crippen LogP contribution < -0.4 is 15.4 Å². The number of anilines is 2. The van der Waals surface area contributed by atoms with Gasteiger partial charge in [-0.15, -0.1) is 0 Å². The van der Waals surface area contributed by atoms with Crippen LogP contribution in [0.2, 0.25) is 5.02 Å². The molecule has 0 aliphatic rings. The number of amides is 1. The molecular weight excluding hydrogens is 362 g/mol. The monoisotopic (exact) mass is 381 g/mol. The van der Waals surface area contributed by atoms with Crippen LogP contribution in [-0.2, 0) is 6.54 Å². The maximum absolute atomic E-state index is 12.4. The van der Waals surface area contributed by atoms with Crippen LogP contribution in [0.15, 0.2) is 60.8 Å². The van der Waals surface area contributed by atoms with E-state index in [0.717, 1.165) is 28.3 Å². The Morgan fingerprint density at radius 3 is 2.67 bits per heavy atom. The van der Waals surface area contributed by atoms with E-state index in [1.165, 1.54) is 0 Å². The first-order valence-corrected chi connectivity index (χ1v) is 8.84. The average molecular weight is 382 g/mol. The largest absolute Gasteiger partial charge is 0.497 e. The smallest absolute Gasteiger partial charge is 0.270 e. The van der Waals surface area contributed by atoms with Crippen LogP contribution in [0.4, 0.5) is 11.4 Å². The first-order valence-electron chi connectivity index (χ1n) is 8.46. The first kappa shape index (κ1) is 18.7. The number of pyridine rings is 1. The van der Waals surface area contributed by atoms with Crippen molar-refractivity contribution in [3.63, 3.8) is 0 Å². The predicted octanol–water partition coefficient (Wildman–Crippen LogP) is 4.73. The summed E-state index contributed by atoms with van der Waals surface area (Å²) in [6.07, 6.45) is 1.60. The molecule has 1 amide bonds. The van der Waals surface area contributed by atoms with E-state index in [0.29, 0.717) is 17.3 Å². The number of halogens is 1. The van der Waals surface area contributed by atoms with Crippen molar-refractivity contribution < 1.29 is 9.53 Å². The summed E-state index contributed by atoms with van der Waals surface area (Å²) in [5, 5.41) is 6.84. The van der Waals surface area contributed by atoms with Crippen LogP contribution in [0.25, 0.3) is 0 Å². The van der Waals surface area contributed by atoms with Gasteiger partial charge in [0.2, 0.25) is 0 Å². The molecule has 0 saturated heterocycles. The Labute approximate surface area is 163 Å². The SMILES string of the molecule is COc1ccc(CNC(=O)c2cc(Nc3cccc(Cl)c3C)ccn2)cc1. The third kappa shape index (κ3) is 4.77. The summed E-state index contributed by atoms with van der Waals surface area (Å²) in [6, 6.07) is 16.7. The maximum atomic E-state index is 12.4. The van der Waals surface area contributed by atoms with Crippen molar-refractivity contribution >= 4 is 28.9 Å². The van der Waals surface area contributed by atoms with Gasteiger partial charge in [-0.25, -0.2) is 0 Å². The number of carbonyl (C=O) groups is 1. The second-order valence-electron chi connectivity index (χ2n) is 6.00. The molecule has 138 valence electrons. The Morgan fingerprint density at radius 1 is 1.15 bits per heavy atom. The van der Waals surface area contributed by atoms with E-state index in [4.69, 9.17) is 16.3 Å². The maximum Gasteiger partial charge on any atom is 0.270 e. The summed E-state index contributed by atoms with van der Waals surface area (Å²) in [5.74, 6) is 0.541. The Morgan fingerprint density at radius 2 is 1.93 bits per heavy atom. The normalized spacial score (nSPS) is 10.3. The van der Waals surface area contributed by atoms with Gasteiger partial charge in [0.15, 0.2) is 0 Å². The molecule has 3 aromatic rings. The zero-order chi connectivity index (χ0) is 19.2. The highest BCUT2D eigenvalue weighted by Gasteiger charge is 2.09. The molecule has 0 aliphatic carbocycles. The van der Waals surface area contributed by atoms with Gasteiger partial charge in [0, 0.05) is 29.1 Å². The number of nitrogens with zero attached hydrogens (tertiary/aromatic N) is 1. The highest BCUT2D eigenvalue weighted by Crippen LogP contribution is 2.26. The van der Waals surface area contributed by atoms with Gasteiger partial charge in [0.05, 0.1) is 7.11 Å². The number of aromatic nitrogens is 1. The Balaban J connectivity index is 1.67. The van der Waals surface area contributed by atoms with Crippen LogP contribution in [0.1, 0.15) is 21.6 Å². The summed E-state index contributed by atoms with van der Waals surface area (Å²) in [6.45, 7) is 2.35. The molecule has 2 aromatic carbocycles. The lowest BCUT2D eigenvalue weighted by molar-refractivity contribution is 0.0946. The molecule has 0 atom stereocenters. The fraction of sp³-hybridized carbons (Fsp3) is 0.143. The number of rotatable bonds is 6. The molecule has 1 aromatic heterocycles. The van der Waals surface area contributed by atoms with E-state index in [-0.39, 0.29) is 5.91 Å². The minimum Gasteiger partial charge on any atom is -0.497 e. The number of ether oxygens (including phenoxy) is 1. The summed E-state index contributed by atoms with van der Waals surface area (Å²) >= 11 is 6.16. The van der Waals surface area contributed by atoms with Crippen molar-refractivity contribution in [3.8, 4) is 5.75 Å². The topological polar surface area (TPSA) is 63.2 Å². The van der Waals surface area contributed by atoms with Crippen molar-refractivity contribution in [3.05, 3.63) is 82.6 Å². The molecule has 27 heavy (non-hydrogen) atoms. The molecular formula is C21H20ClN3O2. The molecule has 0 unspecified atom stereocenters. The minimum atomic E-state index is -0.239. The summed E-state index contributed by atoms with van der Waals surface area (Å²) in [5.41, 5.74) is 3.92. The van der Waals surface area contributed by atoms with Gasteiger partial charge in [-0.05, 0) is 54.4 Å². The average Bonchev–Trinajstić information content (AvgIpc) is 2.70. The Bertz CT molecular complexity index is 942. The van der Waals surface area contributed by atoms with Crippen molar-refractivity contribution in [1.82, 2.24) is 10.3 Å². The standard InChI is InChI=1S/C21H20ClN3O2/c1-14-18(22)4-3-5-19(14)25-16-10-11-23-20(12-16)21(26)24-13-15-6-8-17(27-2)9-7-15/h3-12H,13H2,1-2H3,(H,23,25)(H,24,26). The molecule has 0 radical (unpaired) electrons. The van der Waals surface area contributed by atoms with Gasteiger partial charge >= 0.3 is 0 Å². The van der Waals surface area contributed by atoms with Gasteiger partial charge in [0.25, 0.3) is 5.91 Å². The molecule has 5 nitrogen and oxygen atoms in total. The predicted molar refractivity (Wildman–Crippen MR) is 108 cm³/mol. The molecule has 0 fully saturated rings. The first-order chi connectivity index (χ1) is 13.1. The van der Waals surface area contributed by atoms with Crippen LogP contribution in [0.3, 0.4) is 0 Å². The lowest BCUT2D eigenvalue weighted by Crippen LogP contribution is -2.23.